The van der Waals surface area contributed by atoms with Crippen LogP contribution in [0.5, 0.6) is 0 Å². The van der Waals surface area contributed by atoms with Crippen molar-refractivity contribution >= 4 is 73.9 Å². The summed E-state index contributed by atoms with van der Waals surface area (Å²) in [5.74, 6) is -0.883. The number of anilines is 1. The number of hydrogen-bond acceptors (Lipinski definition) is 4. The molecule has 7 nitrogen and oxygen atoms in total. The van der Waals surface area contributed by atoms with Crippen molar-refractivity contribution in [1.82, 2.24) is 10.2 Å². The molecule has 1 aliphatic carbocycles. The van der Waals surface area contributed by atoms with Gasteiger partial charge in [0.15, 0.2) is 0 Å². The molecule has 3 aromatic carbocycles. The van der Waals surface area contributed by atoms with Crippen LogP contribution in [-0.2, 0) is 26.2 Å². The van der Waals surface area contributed by atoms with E-state index >= 15 is 0 Å². The minimum Gasteiger partial charge on any atom is -0.352 e. The summed E-state index contributed by atoms with van der Waals surface area (Å²) in [7, 11) is -4.24. The second-order valence-electron chi connectivity index (χ2n) is 10.1. The first-order valence-electron chi connectivity index (χ1n) is 13.6. The van der Waals surface area contributed by atoms with Crippen molar-refractivity contribution in [2.75, 3.05) is 10.8 Å². The fourth-order valence-electron chi connectivity index (χ4n) is 5.05. The highest BCUT2D eigenvalue weighted by Gasteiger charge is 2.34. The second kappa shape index (κ2) is 14.3. The molecule has 0 radical (unpaired) electrons. The molecule has 0 unspecified atom stereocenters. The van der Waals surface area contributed by atoms with E-state index < -0.39 is 28.5 Å². The Kier molecular flexibility index (Phi) is 11.1. The van der Waals surface area contributed by atoms with E-state index in [-0.39, 0.29) is 39.1 Å². The maximum Gasteiger partial charge on any atom is 0.264 e. The van der Waals surface area contributed by atoms with Crippen LogP contribution in [0.2, 0.25) is 20.1 Å². The Hall–Kier alpha value is -2.49. The predicted octanol–water partition coefficient (Wildman–Crippen LogP) is 7.36. The number of hydrogen-bond donors (Lipinski definition) is 1. The number of amides is 2. The van der Waals surface area contributed by atoms with E-state index in [1.54, 1.807) is 36.4 Å². The average Bonchev–Trinajstić information content (AvgIpc) is 3.46. The molecule has 2 amide bonds. The molecule has 0 saturated heterocycles. The zero-order valence-corrected chi connectivity index (χ0v) is 26.7. The molecular formula is C30H31Cl4N3O4S. The summed E-state index contributed by atoms with van der Waals surface area (Å²) in [5.41, 5.74) is 0.746. The van der Waals surface area contributed by atoms with E-state index in [4.69, 9.17) is 46.4 Å². The van der Waals surface area contributed by atoms with Crippen LogP contribution in [0.15, 0.2) is 71.6 Å². The van der Waals surface area contributed by atoms with E-state index in [0.717, 1.165) is 30.0 Å². The minimum atomic E-state index is -4.24. The number of carbonyl (C=O) groups is 2. The minimum absolute atomic E-state index is 0.00183. The van der Waals surface area contributed by atoms with Gasteiger partial charge < -0.3 is 10.2 Å². The first kappa shape index (κ1) is 32.4. The van der Waals surface area contributed by atoms with Crippen molar-refractivity contribution in [3.05, 3.63) is 92.4 Å². The zero-order valence-electron chi connectivity index (χ0n) is 22.9. The van der Waals surface area contributed by atoms with Gasteiger partial charge in [-0.15, -0.1) is 0 Å². The van der Waals surface area contributed by atoms with Gasteiger partial charge in [-0.25, -0.2) is 8.42 Å². The maximum absolute atomic E-state index is 14.2. The topological polar surface area (TPSA) is 86.8 Å². The first-order chi connectivity index (χ1) is 20.0. The molecule has 0 spiro atoms. The van der Waals surface area contributed by atoms with Gasteiger partial charge in [0.2, 0.25) is 11.8 Å². The summed E-state index contributed by atoms with van der Waals surface area (Å²) in [5, 5.41) is 4.13. The van der Waals surface area contributed by atoms with Gasteiger partial charge in [0.25, 0.3) is 10.0 Å². The van der Waals surface area contributed by atoms with Gasteiger partial charge in [-0.2, -0.15) is 0 Å². The normalized spacial score (nSPS) is 14.4. The van der Waals surface area contributed by atoms with Crippen molar-refractivity contribution < 1.29 is 18.0 Å². The molecule has 1 saturated carbocycles. The molecule has 0 bridgehead atoms. The summed E-state index contributed by atoms with van der Waals surface area (Å²) in [6.07, 6.45) is 4.12. The molecule has 42 heavy (non-hydrogen) atoms. The number of rotatable bonds is 11. The lowest BCUT2D eigenvalue weighted by molar-refractivity contribution is -0.140. The molecule has 1 aliphatic rings. The van der Waals surface area contributed by atoms with Gasteiger partial charge >= 0.3 is 0 Å². The fourth-order valence-corrected chi connectivity index (χ4v) is 7.31. The monoisotopic (exact) mass is 669 g/mol. The van der Waals surface area contributed by atoms with Gasteiger partial charge in [0, 0.05) is 22.6 Å². The molecule has 3 aromatic rings. The van der Waals surface area contributed by atoms with E-state index in [2.05, 4.69) is 5.32 Å². The Balaban J connectivity index is 1.74. The van der Waals surface area contributed by atoms with Crippen molar-refractivity contribution in [2.24, 2.45) is 0 Å². The number of nitrogens with zero attached hydrogens (tertiary/aromatic N) is 2. The van der Waals surface area contributed by atoms with Crippen LogP contribution >= 0.6 is 46.4 Å². The Morgan fingerprint density at radius 3 is 2.14 bits per heavy atom. The number of nitrogens with one attached hydrogen (secondary N) is 1. The molecule has 1 N–H and O–H groups in total. The standard InChI is InChI=1S/C30H31Cl4N3O4S/c1-2-28(30(39)35-23-8-6-7-9-23)36(18-20-12-13-26(33)27(34)14-20)29(38)19-37(24-16-21(31)15-22(32)17-24)42(40,41)25-10-4-3-5-11-25/h3-5,10-17,23,28H,2,6-9,18-19H2,1H3,(H,35,39)/t28-/m0/s1. The highest BCUT2D eigenvalue weighted by atomic mass is 35.5. The third-order valence-corrected chi connectivity index (χ3v) is 10.1. The summed E-state index contributed by atoms with van der Waals surface area (Å²) in [6.45, 7) is 1.20. The van der Waals surface area contributed by atoms with Crippen LogP contribution < -0.4 is 9.62 Å². The summed E-state index contributed by atoms with van der Waals surface area (Å²) in [4.78, 5) is 29.1. The molecule has 0 aliphatic heterocycles. The summed E-state index contributed by atoms with van der Waals surface area (Å²) in [6, 6.07) is 16.2. The van der Waals surface area contributed by atoms with Gasteiger partial charge in [0.05, 0.1) is 20.6 Å². The largest absolute Gasteiger partial charge is 0.352 e. The fraction of sp³-hybridized carbons (Fsp3) is 0.333. The van der Waals surface area contributed by atoms with Gasteiger partial charge in [-0.1, -0.05) is 90.4 Å². The lowest BCUT2D eigenvalue weighted by Gasteiger charge is -2.34. The number of carbonyl (C=O) groups excluding carboxylic acids is 2. The van der Waals surface area contributed by atoms with Crippen LogP contribution in [0.3, 0.4) is 0 Å². The molecule has 0 heterocycles. The zero-order chi connectivity index (χ0) is 30.4. The average molecular weight is 671 g/mol. The third kappa shape index (κ3) is 7.91. The summed E-state index contributed by atoms with van der Waals surface area (Å²) < 4.78 is 28.8. The number of sulfonamides is 1. The van der Waals surface area contributed by atoms with E-state index in [0.29, 0.717) is 22.0 Å². The Bertz CT molecular complexity index is 1510. The first-order valence-corrected chi connectivity index (χ1v) is 16.5. The highest BCUT2D eigenvalue weighted by molar-refractivity contribution is 7.92. The Morgan fingerprint density at radius 1 is 0.905 bits per heavy atom. The number of benzene rings is 3. The summed E-state index contributed by atoms with van der Waals surface area (Å²) >= 11 is 24.9. The Labute approximate surface area is 266 Å². The smallest absolute Gasteiger partial charge is 0.264 e. The van der Waals surface area contributed by atoms with Crippen LogP contribution in [0.4, 0.5) is 5.69 Å². The molecule has 1 atom stereocenters. The van der Waals surface area contributed by atoms with Crippen molar-refractivity contribution in [3.8, 4) is 0 Å². The second-order valence-corrected chi connectivity index (χ2v) is 13.7. The lowest BCUT2D eigenvalue weighted by Crippen LogP contribution is -2.53. The van der Waals surface area contributed by atoms with Gasteiger partial charge in [-0.05, 0) is 67.3 Å². The molecule has 12 heteroatoms. The quantitative estimate of drug-likeness (QED) is 0.231. The number of halogens is 4. The van der Waals surface area contributed by atoms with Crippen LogP contribution in [0.25, 0.3) is 0 Å². The molecule has 224 valence electrons. The van der Waals surface area contributed by atoms with Crippen molar-refractivity contribution in [1.29, 1.82) is 0 Å². The van der Waals surface area contributed by atoms with Crippen LogP contribution in [0, 0.1) is 0 Å². The molecule has 4 rings (SSSR count). The van der Waals surface area contributed by atoms with Crippen LogP contribution in [0.1, 0.15) is 44.6 Å². The third-order valence-electron chi connectivity index (χ3n) is 7.17. The van der Waals surface area contributed by atoms with E-state index in [1.807, 2.05) is 6.92 Å². The lowest BCUT2D eigenvalue weighted by atomic mass is 10.1. The molecule has 0 aromatic heterocycles. The molecular weight excluding hydrogens is 640 g/mol. The van der Waals surface area contributed by atoms with Gasteiger partial charge in [-0.3, -0.25) is 13.9 Å². The van der Waals surface area contributed by atoms with Crippen molar-refractivity contribution in [2.45, 2.75) is 62.6 Å². The molecule has 1 fully saturated rings. The Morgan fingerprint density at radius 2 is 1.55 bits per heavy atom. The van der Waals surface area contributed by atoms with Gasteiger partial charge in [0.1, 0.15) is 12.6 Å². The van der Waals surface area contributed by atoms with Crippen LogP contribution in [-0.4, -0.2) is 43.8 Å². The van der Waals surface area contributed by atoms with Crippen molar-refractivity contribution in [3.63, 3.8) is 0 Å². The SMILES string of the molecule is CC[C@@H](C(=O)NC1CCCC1)N(Cc1ccc(Cl)c(Cl)c1)C(=O)CN(c1cc(Cl)cc(Cl)c1)S(=O)(=O)c1ccccc1. The highest BCUT2D eigenvalue weighted by Crippen LogP contribution is 2.31. The predicted molar refractivity (Wildman–Crippen MR) is 169 cm³/mol. The van der Waals surface area contributed by atoms with E-state index in [1.165, 1.54) is 35.2 Å². The van der Waals surface area contributed by atoms with E-state index in [9.17, 15) is 18.0 Å². The maximum atomic E-state index is 14.2.